The molecule has 0 radical (unpaired) electrons. The van der Waals surface area contributed by atoms with E-state index >= 15 is 0 Å². The van der Waals surface area contributed by atoms with Gasteiger partial charge in [-0.2, -0.15) is 0 Å². The molecule has 1 amide bonds. The summed E-state index contributed by atoms with van der Waals surface area (Å²) in [6, 6.07) is 19.6. The standard InChI is InChI=1S/C22H21NO2S/c24-19-8-6-16(7-9-19)17-10-13-23(14-11-17)22(25)21-20(12-15-26-21)18-4-2-1-3-5-18/h1-9,12,15,17,24H,10-11,13-14H2. The fourth-order valence-corrected chi connectivity index (χ4v) is 4.51. The molecule has 1 aromatic heterocycles. The Morgan fingerprint density at radius 2 is 1.65 bits per heavy atom. The predicted molar refractivity (Wildman–Crippen MR) is 106 cm³/mol. The van der Waals surface area contributed by atoms with Crippen molar-refractivity contribution < 1.29 is 9.90 Å². The smallest absolute Gasteiger partial charge is 0.264 e. The van der Waals surface area contributed by atoms with E-state index in [1.165, 1.54) is 16.9 Å². The molecule has 3 aromatic rings. The zero-order chi connectivity index (χ0) is 17.9. The van der Waals surface area contributed by atoms with E-state index in [1.54, 1.807) is 12.1 Å². The number of carbonyl (C=O) groups is 1. The van der Waals surface area contributed by atoms with Crippen molar-refractivity contribution in [3.8, 4) is 16.9 Å². The Kier molecular flexibility index (Phi) is 4.76. The van der Waals surface area contributed by atoms with E-state index in [2.05, 4.69) is 12.1 Å². The maximum Gasteiger partial charge on any atom is 0.264 e. The minimum Gasteiger partial charge on any atom is -0.508 e. The van der Waals surface area contributed by atoms with Crippen LogP contribution in [0.5, 0.6) is 5.75 Å². The minimum atomic E-state index is 0.142. The maximum absolute atomic E-state index is 13.0. The highest BCUT2D eigenvalue weighted by Crippen LogP contribution is 2.33. The summed E-state index contributed by atoms with van der Waals surface area (Å²) in [7, 11) is 0. The number of hydrogen-bond acceptors (Lipinski definition) is 3. The largest absolute Gasteiger partial charge is 0.508 e. The molecule has 0 unspecified atom stereocenters. The number of aromatic hydroxyl groups is 1. The molecule has 2 aromatic carbocycles. The topological polar surface area (TPSA) is 40.5 Å². The lowest BCUT2D eigenvalue weighted by atomic mass is 9.89. The summed E-state index contributed by atoms with van der Waals surface area (Å²) >= 11 is 1.53. The Balaban J connectivity index is 1.46. The van der Waals surface area contributed by atoms with E-state index in [1.807, 2.05) is 46.7 Å². The summed E-state index contributed by atoms with van der Waals surface area (Å²) < 4.78 is 0. The third kappa shape index (κ3) is 3.37. The quantitative estimate of drug-likeness (QED) is 0.700. The summed E-state index contributed by atoms with van der Waals surface area (Å²) in [4.78, 5) is 15.9. The van der Waals surface area contributed by atoms with Gasteiger partial charge < -0.3 is 10.0 Å². The number of benzene rings is 2. The third-order valence-electron chi connectivity index (χ3n) is 5.09. The van der Waals surface area contributed by atoms with Gasteiger partial charge in [-0.25, -0.2) is 0 Å². The Morgan fingerprint density at radius 3 is 2.35 bits per heavy atom. The molecular formula is C22H21NO2S. The molecule has 2 heterocycles. The maximum atomic E-state index is 13.0. The van der Waals surface area contributed by atoms with Crippen LogP contribution in [-0.4, -0.2) is 29.0 Å². The molecule has 1 aliphatic heterocycles. The van der Waals surface area contributed by atoms with Gasteiger partial charge in [-0.15, -0.1) is 11.3 Å². The number of carbonyl (C=O) groups excluding carboxylic acids is 1. The van der Waals surface area contributed by atoms with Crippen molar-refractivity contribution in [2.45, 2.75) is 18.8 Å². The first-order valence-electron chi connectivity index (χ1n) is 8.93. The number of rotatable bonds is 3. The van der Waals surface area contributed by atoms with Crippen molar-refractivity contribution in [3.05, 3.63) is 76.5 Å². The molecule has 0 spiro atoms. The fourth-order valence-electron chi connectivity index (χ4n) is 3.63. The molecule has 3 nitrogen and oxygen atoms in total. The van der Waals surface area contributed by atoms with Crippen LogP contribution >= 0.6 is 11.3 Å². The van der Waals surface area contributed by atoms with Crippen LogP contribution < -0.4 is 0 Å². The van der Waals surface area contributed by atoms with E-state index in [4.69, 9.17) is 0 Å². The number of thiophene rings is 1. The second kappa shape index (κ2) is 7.34. The molecule has 132 valence electrons. The van der Waals surface area contributed by atoms with E-state index in [0.717, 1.165) is 41.9 Å². The summed E-state index contributed by atoms with van der Waals surface area (Å²) in [5.74, 6) is 0.895. The summed E-state index contributed by atoms with van der Waals surface area (Å²) in [6.07, 6.45) is 1.92. The second-order valence-corrected chi connectivity index (χ2v) is 7.60. The molecule has 1 aliphatic rings. The van der Waals surface area contributed by atoms with Crippen molar-refractivity contribution in [2.24, 2.45) is 0 Å². The molecule has 4 rings (SSSR count). The zero-order valence-electron chi connectivity index (χ0n) is 14.5. The van der Waals surface area contributed by atoms with Gasteiger partial charge in [0.25, 0.3) is 5.91 Å². The number of amides is 1. The molecule has 0 atom stereocenters. The van der Waals surface area contributed by atoms with Gasteiger partial charge in [0.15, 0.2) is 0 Å². The van der Waals surface area contributed by atoms with Crippen molar-refractivity contribution in [2.75, 3.05) is 13.1 Å². The summed E-state index contributed by atoms with van der Waals surface area (Å²) in [5.41, 5.74) is 3.37. The van der Waals surface area contributed by atoms with Crippen LogP contribution in [0.1, 0.15) is 34.0 Å². The highest BCUT2D eigenvalue weighted by atomic mass is 32.1. The molecule has 4 heteroatoms. The molecule has 0 aliphatic carbocycles. The Morgan fingerprint density at radius 1 is 0.962 bits per heavy atom. The van der Waals surface area contributed by atoms with Crippen molar-refractivity contribution in [1.29, 1.82) is 0 Å². The molecule has 26 heavy (non-hydrogen) atoms. The van der Waals surface area contributed by atoms with Crippen LogP contribution in [0.2, 0.25) is 0 Å². The van der Waals surface area contributed by atoms with Crippen LogP contribution in [0.4, 0.5) is 0 Å². The SMILES string of the molecule is O=C(c1sccc1-c1ccccc1)N1CCC(c2ccc(O)cc2)CC1. The van der Waals surface area contributed by atoms with Crippen molar-refractivity contribution in [3.63, 3.8) is 0 Å². The van der Waals surface area contributed by atoms with Crippen LogP contribution in [0.25, 0.3) is 11.1 Å². The minimum absolute atomic E-state index is 0.142. The monoisotopic (exact) mass is 363 g/mol. The first-order chi connectivity index (χ1) is 12.7. The zero-order valence-corrected chi connectivity index (χ0v) is 15.3. The number of hydrogen-bond donors (Lipinski definition) is 1. The molecule has 1 fully saturated rings. The highest BCUT2D eigenvalue weighted by molar-refractivity contribution is 7.12. The van der Waals surface area contributed by atoms with E-state index in [-0.39, 0.29) is 5.91 Å². The summed E-state index contributed by atoms with van der Waals surface area (Å²) in [5, 5.41) is 11.4. The molecule has 1 N–H and O–H groups in total. The van der Waals surface area contributed by atoms with Gasteiger partial charge in [-0.1, -0.05) is 42.5 Å². The fraction of sp³-hybridized carbons (Fsp3) is 0.227. The molecule has 0 bridgehead atoms. The third-order valence-corrected chi connectivity index (χ3v) is 5.99. The molecule has 1 saturated heterocycles. The van der Waals surface area contributed by atoms with Crippen LogP contribution in [-0.2, 0) is 0 Å². The average molecular weight is 363 g/mol. The number of phenols is 1. The lowest BCUT2D eigenvalue weighted by molar-refractivity contribution is 0.0718. The first-order valence-corrected chi connectivity index (χ1v) is 9.81. The Hall–Kier alpha value is -2.59. The molecule has 0 saturated carbocycles. The van der Waals surface area contributed by atoms with Gasteiger partial charge in [0.1, 0.15) is 5.75 Å². The van der Waals surface area contributed by atoms with Crippen LogP contribution in [0.3, 0.4) is 0 Å². The van der Waals surface area contributed by atoms with Gasteiger partial charge >= 0.3 is 0 Å². The van der Waals surface area contributed by atoms with E-state index < -0.39 is 0 Å². The lowest BCUT2D eigenvalue weighted by Crippen LogP contribution is -2.37. The van der Waals surface area contributed by atoms with Gasteiger partial charge in [0.05, 0.1) is 4.88 Å². The average Bonchev–Trinajstić information content (AvgIpc) is 3.19. The Labute approximate surface area is 157 Å². The number of phenolic OH excluding ortho intramolecular Hbond substituents is 1. The number of likely N-dealkylation sites (tertiary alicyclic amines) is 1. The van der Waals surface area contributed by atoms with Crippen LogP contribution in [0, 0.1) is 0 Å². The van der Waals surface area contributed by atoms with E-state index in [0.29, 0.717) is 11.7 Å². The van der Waals surface area contributed by atoms with E-state index in [9.17, 15) is 9.90 Å². The van der Waals surface area contributed by atoms with Gasteiger partial charge in [0.2, 0.25) is 0 Å². The first kappa shape index (κ1) is 16.9. The van der Waals surface area contributed by atoms with Gasteiger partial charge in [-0.05, 0) is 53.5 Å². The second-order valence-electron chi connectivity index (χ2n) is 6.69. The lowest BCUT2D eigenvalue weighted by Gasteiger charge is -2.32. The van der Waals surface area contributed by atoms with Crippen molar-refractivity contribution in [1.82, 2.24) is 4.90 Å². The normalized spacial score (nSPS) is 15.2. The highest BCUT2D eigenvalue weighted by Gasteiger charge is 2.26. The number of nitrogens with zero attached hydrogens (tertiary/aromatic N) is 1. The van der Waals surface area contributed by atoms with Crippen molar-refractivity contribution >= 4 is 17.2 Å². The van der Waals surface area contributed by atoms with Gasteiger partial charge in [-0.3, -0.25) is 4.79 Å². The Bertz CT molecular complexity index is 878. The van der Waals surface area contributed by atoms with Crippen LogP contribution in [0.15, 0.2) is 66.0 Å². The summed E-state index contributed by atoms with van der Waals surface area (Å²) in [6.45, 7) is 1.55. The number of piperidine rings is 1. The van der Waals surface area contributed by atoms with Gasteiger partial charge in [0, 0.05) is 18.7 Å². The molecular weight excluding hydrogens is 342 g/mol. The predicted octanol–water partition coefficient (Wildman–Crippen LogP) is 5.14.